The van der Waals surface area contributed by atoms with Gasteiger partial charge in [-0.1, -0.05) is 35.4 Å². The van der Waals surface area contributed by atoms with E-state index in [1.807, 2.05) is 50.2 Å². The van der Waals surface area contributed by atoms with Gasteiger partial charge in [0.1, 0.15) is 17.2 Å². The summed E-state index contributed by atoms with van der Waals surface area (Å²) in [6.45, 7) is 3.94. The second-order valence-corrected chi connectivity index (χ2v) is 11.2. The van der Waals surface area contributed by atoms with Gasteiger partial charge in [-0.2, -0.15) is 8.80 Å². The molecule has 0 bridgehead atoms. The summed E-state index contributed by atoms with van der Waals surface area (Å²) in [4.78, 5) is 1.21. The lowest BCUT2D eigenvalue weighted by atomic mass is 9.96. The van der Waals surface area contributed by atoms with Crippen molar-refractivity contribution in [3.8, 4) is 28.4 Å². The Morgan fingerprint density at radius 1 is 0.625 bits per heavy atom. The Labute approximate surface area is 239 Å². The molecule has 0 unspecified atom stereocenters. The molecule has 0 aliphatic heterocycles. The van der Waals surface area contributed by atoms with Gasteiger partial charge in [-0.05, 0) is 67.9 Å². The highest BCUT2D eigenvalue weighted by molar-refractivity contribution is 7.84. The van der Waals surface area contributed by atoms with Gasteiger partial charge < -0.3 is 14.2 Å². The first-order valence-corrected chi connectivity index (χ1v) is 14.5. The smallest absolute Gasteiger partial charge is 0.172 e. The van der Waals surface area contributed by atoms with Crippen LogP contribution in [0.2, 0.25) is 0 Å². The summed E-state index contributed by atoms with van der Waals surface area (Å²) in [6.07, 6.45) is 3.11. The molecule has 0 saturated carbocycles. The molecular formula is C31H30N2O5S2. The Bertz CT molecular complexity index is 1600. The van der Waals surface area contributed by atoms with E-state index in [4.69, 9.17) is 14.2 Å². The van der Waals surface area contributed by atoms with E-state index in [2.05, 4.69) is 8.80 Å². The molecule has 0 aromatic heterocycles. The largest absolute Gasteiger partial charge is 0.497 e. The molecular weight excluding hydrogens is 544 g/mol. The molecule has 7 nitrogen and oxygen atoms in total. The van der Waals surface area contributed by atoms with Crippen molar-refractivity contribution in [2.45, 2.75) is 23.6 Å². The van der Waals surface area contributed by atoms with E-state index in [0.717, 1.165) is 11.1 Å². The lowest BCUT2D eigenvalue weighted by Crippen LogP contribution is -2.00. The van der Waals surface area contributed by atoms with Gasteiger partial charge in [0, 0.05) is 35.2 Å². The minimum Gasteiger partial charge on any atom is -0.497 e. The van der Waals surface area contributed by atoms with Gasteiger partial charge in [-0.15, -0.1) is 0 Å². The van der Waals surface area contributed by atoms with Crippen LogP contribution in [0.1, 0.15) is 22.3 Å². The van der Waals surface area contributed by atoms with Crippen LogP contribution in [0.3, 0.4) is 0 Å². The topological polar surface area (TPSA) is 86.6 Å². The van der Waals surface area contributed by atoms with Gasteiger partial charge in [-0.25, -0.2) is 8.42 Å². The summed E-state index contributed by atoms with van der Waals surface area (Å²) < 4.78 is 51.2. The molecule has 0 aliphatic carbocycles. The summed E-state index contributed by atoms with van der Waals surface area (Å²) >= 11 is 0. The molecule has 4 aromatic rings. The zero-order chi connectivity index (χ0) is 28.6. The first-order valence-electron chi connectivity index (χ1n) is 12.3. The molecule has 0 saturated heterocycles. The number of benzene rings is 4. The average molecular weight is 575 g/mol. The fraction of sp³-hybridized carbons (Fsp3) is 0.161. The summed E-state index contributed by atoms with van der Waals surface area (Å²) in [5.74, 6) is 1.64. The number of methoxy groups -OCH3 is 3. The summed E-state index contributed by atoms with van der Waals surface area (Å²) in [5.41, 5.74) is 4.84. The van der Waals surface area contributed by atoms with Crippen molar-refractivity contribution >= 4 is 34.4 Å². The van der Waals surface area contributed by atoms with Gasteiger partial charge in [0.05, 0.1) is 31.1 Å². The van der Waals surface area contributed by atoms with Crippen LogP contribution < -0.4 is 14.2 Å². The Morgan fingerprint density at radius 2 is 1.18 bits per heavy atom. The first kappa shape index (κ1) is 28.9. The molecule has 4 rings (SSSR count). The molecule has 9 heteroatoms. The molecule has 0 N–H and O–H groups in total. The number of nitrogens with zero attached hydrogens (tertiary/aromatic N) is 2. The zero-order valence-corrected chi connectivity index (χ0v) is 24.5. The summed E-state index contributed by atoms with van der Waals surface area (Å²) in [6, 6.07) is 23.8. The third-order valence-electron chi connectivity index (χ3n) is 6.08. The fourth-order valence-corrected chi connectivity index (χ4v) is 5.33. The van der Waals surface area contributed by atoms with Gasteiger partial charge in [0.2, 0.25) is 0 Å². The highest BCUT2D eigenvalue weighted by Crippen LogP contribution is 2.41. The molecule has 206 valence electrons. The van der Waals surface area contributed by atoms with Crippen molar-refractivity contribution in [3.05, 3.63) is 101 Å². The van der Waals surface area contributed by atoms with Crippen LogP contribution >= 0.6 is 0 Å². The maximum Gasteiger partial charge on any atom is 0.172 e. The molecule has 0 aliphatic rings. The maximum absolute atomic E-state index is 12.9. The van der Waals surface area contributed by atoms with Crippen LogP contribution in [0, 0.1) is 13.8 Å². The second kappa shape index (κ2) is 13.3. The zero-order valence-electron chi connectivity index (χ0n) is 22.9. The number of hydrogen-bond donors (Lipinski definition) is 0. The van der Waals surface area contributed by atoms with Crippen molar-refractivity contribution in [3.63, 3.8) is 0 Å². The minimum atomic E-state index is -1.61. The van der Waals surface area contributed by atoms with Crippen LogP contribution in [-0.4, -0.2) is 42.2 Å². The van der Waals surface area contributed by atoms with E-state index in [0.29, 0.717) is 49.3 Å². The van der Waals surface area contributed by atoms with Crippen LogP contribution in [0.5, 0.6) is 17.2 Å². The van der Waals surface area contributed by atoms with Crippen LogP contribution in [0.25, 0.3) is 11.1 Å². The normalized spacial score (nSPS) is 12.9. The van der Waals surface area contributed by atoms with E-state index in [-0.39, 0.29) is 0 Å². The number of aryl methyl sites for hydroxylation is 2. The Hall–Kier alpha value is -4.08. The molecule has 0 heterocycles. The third-order valence-corrected chi connectivity index (χ3v) is 8.03. The predicted molar refractivity (Wildman–Crippen MR) is 162 cm³/mol. The Morgan fingerprint density at radius 3 is 1.70 bits per heavy atom. The SMILES string of the molecule is COc1cc(/C=N/[S@](=O)c2ccc(C)cc2)c(-c2cc(/C=N/[S@](=O)c3ccc(C)cc3)ccc2OC)c(OC)c1. The summed E-state index contributed by atoms with van der Waals surface area (Å²) in [7, 11) is 1.54. The quantitative estimate of drug-likeness (QED) is 0.208. The predicted octanol–water partition coefficient (Wildman–Crippen LogP) is 6.28. The van der Waals surface area contributed by atoms with Gasteiger partial charge in [0.15, 0.2) is 22.0 Å². The molecule has 4 aromatic carbocycles. The van der Waals surface area contributed by atoms with E-state index in [1.165, 1.54) is 0 Å². The lowest BCUT2D eigenvalue weighted by molar-refractivity contribution is 0.394. The Kier molecular flexibility index (Phi) is 9.63. The summed E-state index contributed by atoms with van der Waals surface area (Å²) in [5, 5.41) is 0. The Balaban J connectivity index is 1.77. The lowest BCUT2D eigenvalue weighted by Gasteiger charge is -2.17. The van der Waals surface area contributed by atoms with Gasteiger partial charge in [-0.3, -0.25) is 0 Å². The van der Waals surface area contributed by atoms with E-state index >= 15 is 0 Å². The first-order chi connectivity index (χ1) is 19.3. The molecule has 0 radical (unpaired) electrons. The van der Waals surface area contributed by atoms with E-state index < -0.39 is 22.0 Å². The standard InChI is InChI=1S/C31H30N2O5S2/c1-21-6-11-26(12-7-21)39(34)32-19-23-10-15-29(37-4)28(16-23)31-24(17-25(36-3)18-30(31)38-5)20-33-40(35)27-13-8-22(2)9-14-27/h6-20H,1-5H3/b32-19+,33-20+/t39-,40-/m1/s1. The van der Waals surface area contributed by atoms with Crippen molar-refractivity contribution in [2.75, 3.05) is 21.3 Å². The van der Waals surface area contributed by atoms with Gasteiger partial charge in [0.25, 0.3) is 0 Å². The second-order valence-electron chi connectivity index (χ2n) is 8.85. The average Bonchev–Trinajstić information content (AvgIpc) is 2.98. The minimum absolute atomic E-state index is 0.512. The molecule has 0 amide bonds. The number of ether oxygens (including phenoxy) is 3. The van der Waals surface area contributed by atoms with Crippen molar-refractivity contribution in [1.82, 2.24) is 0 Å². The maximum atomic E-state index is 12.9. The van der Waals surface area contributed by atoms with E-state index in [1.54, 1.807) is 76.2 Å². The molecule has 0 spiro atoms. The van der Waals surface area contributed by atoms with E-state index in [9.17, 15) is 8.42 Å². The van der Waals surface area contributed by atoms with Crippen molar-refractivity contribution in [1.29, 1.82) is 0 Å². The fourth-order valence-electron chi connectivity index (χ4n) is 3.93. The third kappa shape index (κ3) is 6.91. The highest BCUT2D eigenvalue weighted by atomic mass is 32.2. The van der Waals surface area contributed by atoms with Gasteiger partial charge >= 0.3 is 0 Å². The molecule has 40 heavy (non-hydrogen) atoms. The van der Waals surface area contributed by atoms with Crippen LogP contribution in [-0.2, 0) is 22.0 Å². The van der Waals surface area contributed by atoms with Crippen LogP contribution in [0.15, 0.2) is 97.4 Å². The van der Waals surface area contributed by atoms with Crippen molar-refractivity contribution < 1.29 is 22.6 Å². The number of rotatable bonds is 10. The van der Waals surface area contributed by atoms with Crippen LogP contribution in [0.4, 0.5) is 0 Å². The highest BCUT2D eigenvalue weighted by Gasteiger charge is 2.18. The molecule has 2 atom stereocenters. The van der Waals surface area contributed by atoms with Crippen molar-refractivity contribution in [2.24, 2.45) is 8.80 Å². The monoisotopic (exact) mass is 574 g/mol. The number of hydrogen-bond acceptors (Lipinski definition) is 5. The molecule has 0 fully saturated rings.